The molecule has 4 nitrogen and oxygen atoms in total. The van der Waals surface area contributed by atoms with Crippen molar-refractivity contribution in [2.75, 3.05) is 0 Å². The van der Waals surface area contributed by atoms with Gasteiger partial charge in [-0.3, -0.25) is 0 Å². The van der Waals surface area contributed by atoms with Crippen LogP contribution in [0, 0.1) is 0 Å². The van der Waals surface area contributed by atoms with E-state index in [1.165, 1.54) is 11.2 Å². The summed E-state index contributed by atoms with van der Waals surface area (Å²) in [5.41, 5.74) is 1.24. The number of allylic oxidation sites excluding steroid dienone is 1. The number of aromatic nitrogens is 3. The fourth-order valence-electron chi connectivity index (χ4n) is 2.10. The van der Waals surface area contributed by atoms with Gasteiger partial charge in [-0.15, -0.1) is 11.3 Å². The summed E-state index contributed by atoms with van der Waals surface area (Å²) in [6.45, 7) is 6.47. The van der Waals surface area contributed by atoms with Crippen LogP contribution >= 0.6 is 11.3 Å². The molecule has 0 saturated carbocycles. The minimum absolute atomic E-state index is 0.429. The zero-order valence-corrected chi connectivity index (χ0v) is 12.3. The monoisotopic (exact) mass is 277 g/mol. The lowest BCUT2D eigenvalue weighted by Crippen LogP contribution is -2.35. The summed E-state index contributed by atoms with van der Waals surface area (Å²) in [4.78, 5) is 5.12. The molecule has 0 aliphatic carbocycles. The first kappa shape index (κ1) is 14.0. The Hall–Kier alpha value is -1.46. The lowest BCUT2D eigenvalue weighted by molar-refractivity contribution is 0.0525. The molecule has 0 amide bonds. The van der Waals surface area contributed by atoms with Crippen LogP contribution in [0.25, 0.3) is 5.57 Å². The van der Waals surface area contributed by atoms with E-state index in [0.717, 1.165) is 11.1 Å². The van der Waals surface area contributed by atoms with Crippen LogP contribution in [0.2, 0.25) is 0 Å². The third-order valence-corrected chi connectivity index (χ3v) is 4.62. The number of nitrogens with zero attached hydrogens (tertiary/aromatic N) is 3. The summed E-state index contributed by atoms with van der Waals surface area (Å²) in [6, 6.07) is 4.11. The first-order chi connectivity index (χ1) is 9.07. The van der Waals surface area contributed by atoms with Crippen LogP contribution in [0.4, 0.5) is 0 Å². The molecule has 0 aliphatic rings. The van der Waals surface area contributed by atoms with Gasteiger partial charge in [-0.25, -0.2) is 9.67 Å². The Labute approximate surface area is 117 Å². The topological polar surface area (TPSA) is 50.9 Å². The van der Waals surface area contributed by atoms with Gasteiger partial charge in [0.1, 0.15) is 18.3 Å². The van der Waals surface area contributed by atoms with Gasteiger partial charge >= 0.3 is 0 Å². The molecular weight excluding hydrogens is 258 g/mol. The molecule has 5 heteroatoms. The smallest absolute Gasteiger partial charge is 0.137 e. The molecule has 2 aromatic rings. The molecule has 0 saturated heterocycles. The van der Waals surface area contributed by atoms with Gasteiger partial charge in [-0.1, -0.05) is 13.0 Å². The average Bonchev–Trinajstić information content (AvgIpc) is 3.09. The lowest BCUT2D eigenvalue weighted by atomic mass is 9.88. The second-order valence-corrected chi connectivity index (χ2v) is 5.65. The van der Waals surface area contributed by atoms with Crippen molar-refractivity contribution < 1.29 is 5.11 Å². The number of thiophene rings is 1. The Balaban J connectivity index is 2.32. The second-order valence-electron chi connectivity index (χ2n) is 4.71. The third-order valence-electron chi connectivity index (χ3n) is 3.63. The molecule has 19 heavy (non-hydrogen) atoms. The van der Waals surface area contributed by atoms with E-state index in [1.54, 1.807) is 22.3 Å². The molecule has 0 spiro atoms. The van der Waals surface area contributed by atoms with Crippen molar-refractivity contribution in [2.45, 2.75) is 39.3 Å². The van der Waals surface area contributed by atoms with Crippen molar-refractivity contribution in [3.05, 3.63) is 40.6 Å². The zero-order chi connectivity index (χ0) is 13.9. The largest absolute Gasteiger partial charge is 0.384 e. The summed E-state index contributed by atoms with van der Waals surface area (Å²) < 4.78 is 1.68. The van der Waals surface area contributed by atoms with E-state index < -0.39 is 5.60 Å². The van der Waals surface area contributed by atoms with Gasteiger partial charge in [0.05, 0.1) is 6.54 Å². The zero-order valence-electron chi connectivity index (χ0n) is 11.5. The van der Waals surface area contributed by atoms with Crippen LogP contribution < -0.4 is 0 Å². The highest BCUT2D eigenvalue weighted by Gasteiger charge is 2.29. The van der Waals surface area contributed by atoms with Crippen LogP contribution in [0.1, 0.15) is 32.1 Å². The van der Waals surface area contributed by atoms with E-state index in [0.29, 0.717) is 13.0 Å². The molecule has 0 aromatic carbocycles. The minimum atomic E-state index is -0.887. The first-order valence-corrected chi connectivity index (χ1v) is 7.21. The Bertz CT molecular complexity index is 545. The van der Waals surface area contributed by atoms with Crippen LogP contribution in [0.15, 0.2) is 35.7 Å². The molecule has 2 rings (SSSR count). The van der Waals surface area contributed by atoms with Gasteiger partial charge in [0, 0.05) is 4.88 Å². The summed E-state index contributed by atoms with van der Waals surface area (Å²) in [6.07, 6.45) is 3.76. The highest BCUT2D eigenvalue weighted by molar-refractivity contribution is 7.11. The van der Waals surface area contributed by atoms with Crippen molar-refractivity contribution in [3.63, 3.8) is 0 Å². The predicted molar refractivity (Wildman–Crippen MR) is 77.8 cm³/mol. The SMILES string of the molecule is CCC(O)(Cn1cncn1)/C(C)=C(/C)c1cccs1. The third kappa shape index (κ3) is 2.93. The second kappa shape index (κ2) is 5.67. The van der Waals surface area contributed by atoms with Crippen LogP contribution in [0.5, 0.6) is 0 Å². The van der Waals surface area contributed by atoms with Crippen LogP contribution in [-0.4, -0.2) is 25.5 Å². The van der Waals surface area contributed by atoms with Crippen LogP contribution in [0.3, 0.4) is 0 Å². The summed E-state index contributed by atoms with van der Waals surface area (Å²) in [5.74, 6) is 0. The maximum atomic E-state index is 10.9. The Morgan fingerprint density at radius 1 is 1.47 bits per heavy atom. The summed E-state index contributed by atoms with van der Waals surface area (Å²) >= 11 is 1.69. The van der Waals surface area contributed by atoms with Crippen LogP contribution in [-0.2, 0) is 6.54 Å². The van der Waals surface area contributed by atoms with E-state index in [1.807, 2.05) is 19.9 Å². The molecular formula is C14H19N3OS. The average molecular weight is 277 g/mol. The van der Waals surface area contributed by atoms with Gasteiger partial charge in [-0.05, 0) is 42.9 Å². The fraction of sp³-hybridized carbons (Fsp3) is 0.429. The molecule has 1 N–H and O–H groups in total. The number of hydrogen-bond donors (Lipinski definition) is 1. The molecule has 0 bridgehead atoms. The standard InChI is InChI=1S/C14H19N3OS/c1-4-14(18,8-17-10-15-9-16-17)12(3)11(2)13-6-5-7-19-13/h5-7,9-10,18H,4,8H2,1-3H3/b12-11-. The minimum Gasteiger partial charge on any atom is -0.384 e. The number of aliphatic hydroxyl groups is 1. The van der Waals surface area contributed by atoms with E-state index >= 15 is 0 Å². The van der Waals surface area contributed by atoms with E-state index in [2.05, 4.69) is 28.5 Å². The predicted octanol–water partition coefficient (Wildman–Crippen LogP) is 2.97. The number of rotatable bonds is 5. The van der Waals surface area contributed by atoms with Gasteiger partial charge in [0.2, 0.25) is 0 Å². The number of hydrogen-bond acceptors (Lipinski definition) is 4. The Morgan fingerprint density at radius 3 is 2.79 bits per heavy atom. The van der Waals surface area contributed by atoms with Gasteiger partial charge < -0.3 is 5.11 Å². The summed E-state index contributed by atoms with van der Waals surface area (Å²) in [7, 11) is 0. The Kier molecular flexibility index (Phi) is 4.17. The lowest BCUT2D eigenvalue weighted by Gasteiger charge is -2.29. The van der Waals surface area contributed by atoms with Crippen molar-refractivity contribution in [2.24, 2.45) is 0 Å². The fourth-order valence-corrected chi connectivity index (χ4v) is 2.89. The maximum Gasteiger partial charge on any atom is 0.137 e. The van der Waals surface area contributed by atoms with Crippen molar-refractivity contribution >= 4 is 16.9 Å². The maximum absolute atomic E-state index is 10.9. The normalized spacial score (nSPS) is 16.0. The van der Waals surface area contributed by atoms with Gasteiger partial charge in [-0.2, -0.15) is 5.10 Å². The molecule has 1 atom stereocenters. The van der Waals surface area contributed by atoms with Crippen molar-refractivity contribution in [3.8, 4) is 0 Å². The van der Waals surface area contributed by atoms with Gasteiger partial charge in [0.15, 0.2) is 0 Å². The highest BCUT2D eigenvalue weighted by atomic mass is 32.1. The molecule has 0 radical (unpaired) electrons. The summed E-state index contributed by atoms with van der Waals surface area (Å²) in [5, 5.41) is 17.0. The quantitative estimate of drug-likeness (QED) is 0.914. The highest BCUT2D eigenvalue weighted by Crippen LogP contribution is 2.31. The van der Waals surface area contributed by atoms with Crippen molar-refractivity contribution in [1.82, 2.24) is 14.8 Å². The molecule has 0 fully saturated rings. The van der Waals surface area contributed by atoms with E-state index in [4.69, 9.17) is 0 Å². The van der Waals surface area contributed by atoms with E-state index in [9.17, 15) is 5.11 Å². The van der Waals surface area contributed by atoms with E-state index in [-0.39, 0.29) is 0 Å². The van der Waals surface area contributed by atoms with Gasteiger partial charge in [0.25, 0.3) is 0 Å². The first-order valence-electron chi connectivity index (χ1n) is 6.33. The Morgan fingerprint density at radius 2 is 2.26 bits per heavy atom. The molecule has 1 unspecified atom stereocenters. The molecule has 2 heterocycles. The molecule has 2 aromatic heterocycles. The molecule has 102 valence electrons. The molecule has 0 aliphatic heterocycles. The van der Waals surface area contributed by atoms with Crippen molar-refractivity contribution in [1.29, 1.82) is 0 Å².